The smallest absolute Gasteiger partial charge is 0.123 e. The predicted octanol–water partition coefficient (Wildman–Crippen LogP) is 1.65. The van der Waals surface area contributed by atoms with Crippen molar-refractivity contribution in [2.45, 2.75) is 25.4 Å². The van der Waals surface area contributed by atoms with E-state index in [9.17, 15) is 9.50 Å². The van der Waals surface area contributed by atoms with Gasteiger partial charge in [0.25, 0.3) is 0 Å². The number of nitriles is 1. The average Bonchev–Trinajstić information content (AvgIpc) is 2.77. The molecule has 1 heterocycles. The molecule has 0 unspecified atom stereocenters. The maximum atomic E-state index is 13.2. The second kappa shape index (κ2) is 5.26. The Morgan fingerprint density at radius 2 is 2.35 bits per heavy atom. The molecule has 0 spiro atoms. The number of benzene rings is 1. The zero-order valence-corrected chi connectivity index (χ0v) is 9.56. The molecule has 1 saturated heterocycles. The highest BCUT2D eigenvalue weighted by molar-refractivity contribution is 5.37. The molecule has 1 aromatic carbocycles. The van der Waals surface area contributed by atoms with Gasteiger partial charge in [0.2, 0.25) is 0 Å². The minimum atomic E-state index is -0.321. The molecule has 0 aromatic heterocycles. The van der Waals surface area contributed by atoms with E-state index in [-0.39, 0.29) is 18.5 Å². The molecule has 3 nitrogen and oxygen atoms in total. The third-order valence-electron chi connectivity index (χ3n) is 3.27. The summed E-state index contributed by atoms with van der Waals surface area (Å²) in [6.45, 7) is 1.55. The molecule has 2 rings (SSSR count). The zero-order valence-electron chi connectivity index (χ0n) is 9.56. The standard InChI is InChI=1S/C13H15FN2O/c14-12-4-3-10(7-15)11(6-12)8-16-5-1-2-13(16)9-17/h3-4,6,13,17H,1-2,5,8-9H2/t13-/m0/s1. The third kappa shape index (κ3) is 2.63. The number of halogens is 1. The second-order valence-electron chi connectivity index (χ2n) is 4.36. The first-order chi connectivity index (χ1) is 8.24. The van der Waals surface area contributed by atoms with E-state index in [0.717, 1.165) is 19.4 Å². The lowest BCUT2D eigenvalue weighted by molar-refractivity contribution is 0.153. The van der Waals surface area contributed by atoms with Gasteiger partial charge in [-0.2, -0.15) is 5.26 Å². The van der Waals surface area contributed by atoms with E-state index in [2.05, 4.69) is 11.0 Å². The Labute approximate surface area is 100 Å². The first-order valence-electron chi connectivity index (χ1n) is 5.78. The van der Waals surface area contributed by atoms with Crippen molar-refractivity contribution >= 4 is 0 Å². The molecule has 0 saturated carbocycles. The Bertz CT molecular complexity index is 442. The van der Waals surface area contributed by atoms with Gasteiger partial charge in [-0.25, -0.2) is 4.39 Å². The Morgan fingerprint density at radius 1 is 1.53 bits per heavy atom. The Hall–Kier alpha value is -1.44. The number of aliphatic hydroxyl groups is 1. The van der Waals surface area contributed by atoms with Crippen LogP contribution in [0.4, 0.5) is 4.39 Å². The van der Waals surface area contributed by atoms with Gasteiger partial charge in [-0.3, -0.25) is 4.90 Å². The van der Waals surface area contributed by atoms with E-state index in [0.29, 0.717) is 17.7 Å². The van der Waals surface area contributed by atoms with Crippen molar-refractivity contribution in [2.24, 2.45) is 0 Å². The minimum Gasteiger partial charge on any atom is -0.395 e. The van der Waals surface area contributed by atoms with Crippen LogP contribution in [0.25, 0.3) is 0 Å². The summed E-state index contributed by atoms with van der Waals surface area (Å²) in [6, 6.07) is 6.43. The molecule has 1 aliphatic rings. The van der Waals surface area contributed by atoms with Gasteiger partial charge in [0.05, 0.1) is 18.2 Å². The molecule has 1 aliphatic heterocycles. The maximum Gasteiger partial charge on any atom is 0.123 e. The van der Waals surface area contributed by atoms with Crippen LogP contribution in [0.5, 0.6) is 0 Å². The Morgan fingerprint density at radius 3 is 3.06 bits per heavy atom. The molecule has 17 heavy (non-hydrogen) atoms. The molecule has 90 valence electrons. The van der Waals surface area contributed by atoms with Gasteiger partial charge in [0.1, 0.15) is 5.82 Å². The average molecular weight is 234 g/mol. The SMILES string of the molecule is N#Cc1ccc(F)cc1CN1CCC[C@H]1CO. The predicted molar refractivity (Wildman–Crippen MR) is 61.6 cm³/mol. The topological polar surface area (TPSA) is 47.3 Å². The van der Waals surface area contributed by atoms with E-state index < -0.39 is 0 Å². The van der Waals surface area contributed by atoms with Gasteiger partial charge in [-0.05, 0) is 43.1 Å². The van der Waals surface area contributed by atoms with Crippen molar-refractivity contribution in [3.8, 4) is 6.07 Å². The van der Waals surface area contributed by atoms with Crippen molar-refractivity contribution in [3.63, 3.8) is 0 Å². The van der Waals surface area contributed by atoms with Crippen LogP contribution in [0.2, 0.25) is 0 Å². The summed E-state index contributed by atoms with van der Waals surface area (Å²) in [5.74, 6) is -0.321. The lowest BCUT2D eigenvalue weighted by atomic mass is 10.1. The number of nitrogens with zero attached hydrogens (tertiary/aromatic N) is 2. The zero-order chi connectivity index (χ0) is 12.3. The highest BCUT2D eigenvalue weighted by atomic mass is 19.1. The molecule has 1 aromatic rings. The van der Waals surface area contributed by atoms with E-state index >= 15 is 0 Å². The summed E-state index contributed by atoms with van der Waals surface area (Å²) in [5, 5.41) is 18.2. The van der Waals surface area contributed by atoms with Crippen LogP contribution >= 0.6 is 0 Å². The van der Waals surface area contributed by atoms with Crippen LogP contribution in [-0.2, 0) is 6.54 Å². The van der Waals surface area contributed by atoms with Crippen LogP contribution < -0.4 is 0 Å². The maximum absolute atomic E-state index is 13.2. The van der Waals surface area contributed by atoms with Gasteiger partial charge >= 0.3 is 0 Å². The van der Waals surface area contributed by atoms with Crippen LogP contribution in [0.1, 0.15) is 24.0 Å². The van der Waals surface area contributed by atoms with Gasteiger partial charge < -0.3 is 5.11 Å². The fourth-order valence-electron chi connectivity index (χ4n) is 2.33. The fourth-order valence-corrected chi connectivity index (χ4v) is 2.33. The summed E-state index contributed by atoms with van der Waals surface area (Å²) < 4.78 is 13.2. The van der Waals surface area contributed by atoms with Crippen molar-refractivity contribution in [1.82, 2.24) is 4.90 Å². The summed E-state index contributed by atoms with van der Waals surface area (Å²) in [5.41, 5.74) is 1.21. The molecule has 0 radical (unpaired) electrons. The normalized spacial score (nSPS) is 20.4. The molecule has 1 fully saturated rings. The quantitative estimate of drug-likeness (QED) is 0.865. The molecule has 0 aliphatic carbocycles. The van der Waals surface area contributed by atoms with Crippen molar-refractivity contribution in [1.29, 1.82) is 5.26 Å². The Kier molecular flexibility index (Phi) is 3.72. The first-order valence-corrected chi connectivity index (χ1v) is 5.78. The number of hydrogen-bond donors (Lipinski definition) is 1. The number of rotatable bonds is 3. The minimum absolute atomic E-state index is 0.122. The van der Waals surface area contributed by atoms with E-state index in [1.165, 1.54) is 18.2 Å². The van der Waals surface area contributed by atoms with E-state index in [1.54, 1.807) is 0 Å². The molecular weight excluding hydrogens is 219 g/mol. The van der Waals surface area contributed by atoms with Crippen LogP contribution in [0.15, 0.2) is 18.2 Å². The van der Waals surface area contributed by atoms with Gasteiger partial charge in [0.15, 0.2) is 0 Å². The van der Waals surface area contributed by atoms with E-state index in [1.807, 2.05) is 0 Å². The van der Waals surface area contributed by atoms with Gasteiger partial charge in [0, 0.05) is 12.6 Å². The summed E-state index contributed by atoms with van der Waals surface area (Å²) in [4.78, 5) is 2.11. The largest absolute Gasteiger partial charge is 0.395 e. The fraction of sp³-hybridized carbons (Fsp3) is 0.462. The summed E-state index contributed by atoms with van der Waals surface area (Å²) in [7, 11) is 0. The molecule has 0 amide bonds. The van der Waals surface area contributed by atoms with Crippen molar-refractivity contribution in [3.05, 3.63) is 35.1 Å². The van der Waals surface area contributed by atoms with E-state index in [4.69, 9.17) is 5.26 Å². The summed E-state index contributed by atoms with van der Waals surface area (Å²) >= 11 is 0. The van der Waals surface area contributed by atoms with Crippen LogP contribution in [0, 0.1) is 17.1 Å². The van der Waals surface area contributed by atoms with Crippen LogP contribution in [0.3, 0.4) is 0 Å². The van der Waals surface area contributed by atoms with Crippen LogP contribution in [-0.4, -0.2) is 29.2 Å². The summed E-state index contributed by atoms with van der Waals surface area (Å²) in [6.07, 6.45) is 2.01. The molecule has 0 bridgehead atoms. The second-order valence-corrected chi connectivity index (χ2v) is 4.36. The highest BCUT2D eigenvalue weighted by Gasteiger charge is 2.24. The lowest BCUT2D eigenvalue weighted by Crippen LogP contribution is -2.31. The number of hydrogen-bond acceptors (Lipinski definition) is 3. The molecular formula is C13H15FN2O. The lowest BCUT2D eigenvalue weighted by Gasteiger charge is -2.23. The molecule has 1 atom stereocenters. The van der Waals surface area contributed by atoms with Crippen molar-refractivity contribution < 1.29 is 9.50 Å². The first kappa shape index (κ1) is 12.0. The van der Waals surface area contributed by atoms with Gasteiger partial charge in [-0.1, -0.05) is 0 Å². The van der Waals surface area contributed by atoms with Crippen molar-refractivity contribution in [2.75, 3.05) is 13.2 Å². The van der Waals surface area contributed by atoms with Gasteiger partial charge in [-0.15, -0.1) is 0 Å². The Balaban J connectivity index is 2.18. The molecule has 1 N–H and O–H groups in total. The molecule has 4 heteroatoms. The monoisotopic (exact) mass is 234 g/mol. The number of likely N-dealkylation sites (tertiary alicyclic amines) is 1. The number of aliphatic hydroxyl groups excluding tert-OH is 1. The third-order valence-corrected chi connectivity index (χ3v) is 3.27. The highest BCUT2D eigenvalue weighted by Crippen LogP contribution is 2.21.